The van der Waals surface area contributed by atoms with Gasteiger partial charge in [0.05, 0.1) is 19.8 Å². The minimum atomic E-state index is -0.175. The van der Waals surface area contributed by atoms with E-state index < -0.39 is 0 Å². The van der Waals surface area contributed by atoms with Crippen molar-refractivity contribution in [3.8, 4) is 0 Å². The van der Waals surface area contributed by atoms with Gasteiger partial charge in [0, 0.05) is 25.4 Å². The predicted molar refractivity (Wildman–Crippen MR) is 96.1 cm³/mol. The van der Waals surface area contributed by atoms with Gasteiger partial charge in [-0.15, -0.1) is 0 Å². The Morgan fingerprint density at radius 2 is 2.00 bits per heavy atom. The van der Waals surface area contributed by atoms with Crippen LogP contribution in [0.5, 0.6) is 0 Å². The van der Waals surface area contributed by atoms with Crippen LogP contribution in [0.3, 0.4) is 0 Å². The van der Waals surface area contributed by atoms with E-state index in [1.54, 1.807) is 6.92 Å². The highest BCUT2D eigenvalue weighted by molar-refractivity contribution is 5.79. The van der Waals surface area contributed by atoms with Gasteiger partial charge in [-0.25, -0.2) is 0 Å². The summed E-state index contributed by atoms with van der Waals surface area (Å²) in [6, 6.07) is 9.86. The zero-order chi connectivity index (χ0) is 17.6. The number of rotatable bonds is 10. The quantitative estimate of drug-likeness (QED) is 0.262. The van der Waals surface area contributed by atoms with Crippen molar-refractivity contribution in [3.63, 3.8) is 0 Å². The maximum atomic E-state index is 11.3. The maximum absolute atomic E-state index is 11.3. The fourth-order valence-electron chi connectivity index (χ4n) is 2.21. The number of carbonyl (C=O) groups is 1. The first-order chi connectivity index (χ1) is 11.7. The number of aliphatic hydroxyl groups is 1. The molecule has 1 atom stereocenters. The minimum Gasteiger partial charge on any atom is -0.466 e. The predicted octanol–water partition coefficient (Wildman–Crippen LogP) is 1.66. The van der Waals surface area contributed by atoms with E-state index in [-0.39, 0.29) is 18.5 Å². The molecule has 0 aliphatic carbocycles. The summed E-state index contributed by atoms with van der Waals surface area (Å²) < 4.78 is 4.90. The number of hydrogen-bond donors (Lipinski definition) is 3. The number of ether oxygens (including phenoxy) is 1. The van der Waals surface area contributed by atoms with E-state index in [1.807, 2.05) is 37.3 Å². The van der Waals surface area contributed by atoms with E-state index in [4.69, 9.17) is 4.74 Å². The van der Waals surface area contributed by atoms with Crippen LogP contribution in [0.1, 0.15) is 38.2 Å². The SMILES string of the molecule is CCNC(=NCC(CO)c1ccccc1)NCCCC(=O)OCC. The third-order valence-corrected chi connectivity index (χ3v) is 3.46. The van der Waals surface area contributed by atoms with Crippen molar-refractivity contribution in [2.24, 2.45) is 4.99 Å². The number of guanidine groups is 1. The summed E-state index contributed by atoms with van der Waals surface area (Å²) in [5, 5.41) is 16.0. The van der Waals surface area contributed by atoms with E-state index in [0.717, 1.165) is 12.1 Å². The fourth-order valence-corrected chi connectivity index (χ4v) is 2.21. The monoisotopic (exact) mass is 335 g/mol. The molecule has 6 nitrogen and oxygen atoms in total. The Morgan fingerprint density at radius 1 is 1.25 bits per heavy atom. The Bertz CT molecular complexity index is 492. The number of nitrogens with zero attached hydrogens (tertiary/aromatic N) is 1. The van der Waals surface area contributed by atoms with Gasteiger partial charge in [-0.3, -0.25) is 9.79 Å². The van der Waals surface area contributed by atoms with Crippen LogP contribution in [0.25, 0.3) is 0 Å². The summed E-state index contributed by atoms with van der Waals surface area (Å²) in [6.07, 6.45) is 1.08. The van der Waals surface area contributed by atoms with Crippen molar-refractivity contribution in [1.82, 2.24) is 10.6 Å². The van der Waals surface area contributed by atoms with E-state index in [2.05, 4.69) is 15.6 Å². The van der Waals surface area contributed by atoms with Crippen molar-refractivity contribution >= 4 is 11.9 Å². The lowest BCUT2D eigenvalue weighted by atomic mass is 10.0. The second kappa shape index (κ2) is 12.4. The number of aliphatic imine (C=N–C) groups is 1. The highest BCUT2D eigenvalue weighted by Crippen LogP contribution is 2.14. The molecule has 0 fully saturated rings. The summed E-state index contributed by atoms with van der Waals surface area (Å²) in [5.74, 6) is 0.489. The van der Waals surface area contributed by atoms with Crippen molar-refractivity contribution in [2.45, 2.75) is 32.6 Å². The van der Waals surface area contributed by atoms with Gasteiger partial charge < -0.3 is 20.5 Å². The van der Waals surface area contributed by atoms with Crippen molar-refractivity contribution in [1.29, 1.82) is 0 Å². The molecule has 0 spiro atoms. The molecule has 0 aromatic heterocycles. The fraction of sp³-hybridized carbons (Fsp3) is 0.556. The molecule has 6 heteroatoms. The molecule has 3 N–H and O–H groups in total. The number of benzene rings is 1. The summed E-state index contributed by atoms with van der Waals surface area (Å²) in [6.45, 7) is 6.15. The highest BCUT2D eigenvalue weighted by Gasteiger charge is 2.10. The molecule has 0 saturated heterocycles. The maximum Gasteiger partial charge on any atom is 0.305 e. The number of nitrogens with one attached hydrogen (secondary N) is 2. The lowest BCUT2D eigenvalue weighted by molar-refractivity contribution is -0.143. The molecule has 24 heavy (non-hydrogen) atoms. The zero-order valence-electron chi connectivity index (χ0n) is 14.6. The van der Waals surface area contributed by atoms with Crippen LogP contribution >= 0.6 is 0 Å². The third-order valence-electron chi connectivity index (χ3n) is 3.46. The third kappa shape index (κ3) is 7.97. The van der Waals surface area contributed by atoms with Crippen LogP contribution in [0.2, 0.25) is 0 Å². The molecule has 0 saturated carbocycles. The summed E-state index contributed by atoms with van der Waals surface area (Å²) in [4.78, 5) is 15.8. The Morgan fingerprint density at radius 3 is 2.62 bits per heavy atom. The highest BCUT2D eigenvalue weighted by atomic mass is 16.5. The van der Waals surface area contributed by atoms with Gasteiger partial charge in [0.1, 0.15) is 0 Å². The van der Waals surface area contributed by atoms with E-state index >= 15 is 0 Å². The molecule has 0 radical (unpaired) electrons. The van der Waals surface area contributed by atoms with Gasteiger partial charge in [0.15, 0.2) is 5.96 Å². The van der Waals surface area contributed by atoms with Gasteiger partial charge in [-0.2, -0.15) is 0 Å². The molecule has 0 amide bonds. The van der Waals surface area contributed by atoms with Crippen LogP contribution in [0.15, 0.2) is 35.3 Å². The number of esters is 1. The molecule has 1 aromatic carbocycles. The minimum absolute atomic E-state index is 0.0267. The van der Waals surface area contributed by atoms with Crippen LogP contribution in [0, 0.1) is 0 Å². The molecule has 134 valence electrons. The van der Waals surface area contributed by atoms with Gasteiger partial charge in [-0.05, 0) is 25.8 Å². The topological polar surface area (TPSA) is 83.0 Å². The molecule has 1 unspecified atom stereocenters. The first kappa shape index (κ1) is 20.0. The smallest absolute Gasteiger partial charge is 0.305 e. The van der Waals surface area contributed by atoms with Crippen molar-refractivity contribution in [3.05, 3.63) is 35.9 Å². The van der Waals surface area contributed by atoms with Gasteiger partial charge >= 0.3 is 5.97 Å². The molecule has 0 bridgehead atoms. The van der Waals surface area contributed by atoms with Crippen LogP contribution in [-0.4, -0.2) is 49.9 Å². The van der Waals surface area contributed by atoms with Crippen LogP contribution in [-0.2, 0) is 9.53 Å². The zero-order valence-corrected chi connectivity index (χ0v) is 14.6. The average molecular weight is 335 g/mol. The summed E-state index contributed by atoms with van der Waals surface area (Å²) >= 11 is 0. The van der Waals surface area contributed by atoms with Gasteiger partial charge in [0.2, 0.25) is 0 Å². The van der Waals surface area contributed by atoms with E-state index in [0.29, 0.717) is 38.5 Å². The molecule has 0 heterocycles. The number of hydrogen-bond acceptors (Lipinski definition) is 4. The Labute approximate surface area is 144 Å². The Kier molecular flexibility index (Phi) is 10.3. The molecular formula is C18H29N3O3. The summed E-state index contributed by atoms with van der Waals surface area (Å²) in [7, 11) is 0. The first-order valence-electron chi connectivity index (χ1n) is 8.54. The Hall–Kier alpha value is -2.08. The number of aliphatic hydroxyl groups excluding tert-OH is 1. The standard InChI is InChI=1S/C18H29N3O3/c1-3-19-18(20-12-8-11-17(23)24-4-2)21-13-16(14-22)15-9-6-5-7-10-15/h5-7,9-10,16,22H,3-4,8,11-14H2,1-2H3,(H2,19,20,21). The van der Waals surface area contributed by atoms with Crippen molar-refractivity contribution in [2.75, 3.05) is 32.8 Å². The molecule has 0 aliphatic rings. The molecule has 1 rings (SSSR count). The lowest BCUT2D eigenvalue weighted by Gasteiger charge is -2.15. The first-order valence-corrected chi connectivity index (χ1v) is 8.54. The molecule has 0 aliphatic heterocycles. The summed E-state index contributed by atoms with van der Waals surface area (Å²) in [5.41, 5.74) is 1.07. The van der Waals surface area contributed by atoms with E-state index in [1.165, 1.54) is 0 Å². The van der Waals surface area contributed by atoms with Crippen LogP contribution < -0.4 is 10.6 Å². The number of carbonyl (C=O) groups excluding carboxylic acids is 1. The average Bonchev–Trinajstić information content (AvgIpc) is 2.60. The van der Waals surface area contributed by atoms with Crippen molar-refractivity contribution < 1.29 is 14.6 Å². The van der Waals surface area contributed by atoms with Gasteiger partial charge in [-0.1, -0.05) is 30.3 Å². The van der Waals surface area contributed by atoms with Crippen LogP contribution in [0.4, 0.5) is 0 Å². The lowest BCUT2D eigenvalue weighted by Crippen LogP contribution is -2.38. The normalized spacial score (nSPS) is 12.5. The van der Waals surface area contributed by atoms with E-state index in [9.17, 15) is 9.90 Å². The largest absolute Gasteiger partial charge is 0.466 e. The second-order valence-corrected chi connectivity index (χ2v) is 5.35. The molecular weight excluding hydrogens is 306 g/mol. The van der Waals surface area contributed by atoms with Gasteiger partial charge in [0.25, 0.3) is 0 Å². The Balaban J connectivity index is 2.47. The second-order valence-electron chi connectivity index (χ2n) is 5.35. The molecule has 1 aromatic rings.